The summed E-state index contributed by atoms with van der Waals surface area (Å²) in [6, 6.07) is 7.29. The fraction of sp³-hybridized carbons (Fsp3) is 0.429. The van der Waals surface area contributed by atoms with E-state index in [1.807, 2.05) is 18.3 Å². The van der Waals surface area contributed by atoms with E-state index in [9.17, 15) is 4.79 Å². The Morgan fingerprint density at radius 3 is 2.83 bits per heavy atom. The average molecular weight is 309 g/mol. The van der Waals surface area contributed by atoms with Gasteiger partial charge in [0.05, 0.1) is 0 Å². The van der Waals surface area contributed by atoms with Crippen LogP contribution in [0.4, 0.5) is 0 Å². The van der Waals surface area contributed by atoms with Crippen LogP contribution in [-0.4, -0.2) is 12.1 Å². The fourth-order valence-electron chi connectivity index (χ4n) is 2.18. The number of hydrogen-bond donors (Lipinski definition) is 1. The zero-order valence-electron chi connectivity index (χ0n) is 10.2. The van der Waals surface area contributed by atoms with Gasteiger partial charge in [0.2, 0.25) is 0 Å². The molecule has 0 aromatic heterocycles. The van der Waals surface area contributed by atoms with E-state index in [1.54, 1.807) is 12.1 Å². The number of nitrogens with one attached hydrogen (secondary N) is 1. The van der Waals surface area contributed by atoms with E-state index < -0.39 is 0 Å². The molecule has 0 saturated heterocycles. The lowest BCUT2D eigenvalue weighted by atomic mass is 9.90. The normalized spacial score (nSPS) is 16.9. The average Bonchev–Trinajstić information content (AvgIpc) is 2.40. The van der Waals surface area contributed by atoms with Crippen molar-refractivity contribution < 1.29 is 4.79 Å². The van der Waals surface area contributed by atoms with E-state index in [1.165, 1.54) is 32.1 Å². The first-order valence-corrected chi connectivity index (χ1v) is 7.14. The van der Waals surface area contributed by atoms with Crippen LogP contribution in [0, 0.1) is 5.92 Å². The van der Waals surface area contributed by atoms with Crippen molar-refractivity contribution in [3.8, 4) is 0 Å². The molecule has 18 heavy (non-hydrogen) atoms. The Bertz CT molecular complexity index is 439. The van der Waals surface area contributed by atoms with Gasteiger partial charge in [-0.2, -0.15) is 5.10 Å². The van der Waals surface area contributed by atoms with Crippen molar-refractivity contribution >= 4 is 28.1 Å². The van der Waals surface area contributed by atoms with Gasteiger partial charge >= 0.3 is 0 Å². The third-order valence-corrected chi connectivity index (χ3v) is 3.68. The summed E-state index contributed by atoms with van der Waals surface area (Å²) in [7, 11) is 0. The molecule has 1 aromatic rings. The molecule has 3 nitrogen and oxygen atoms in total. The predicted molar refractivity (Wildman–Crippen MR) is 76.7 cm³/mol. The number of amides is 1. The Balaban J connectivity index is 1.86. The van der Waals surface area contributed by atoms with Crippen LogP contribution in [0.25, 0.3) is 0 Å². The van der Waals surface area contributed by atoms with Gasteiger partial charge in [-0.1, -0.05) is 41.3 Å². The molecule has 1 aliphatic carbocycles. The summed E-state index contributed by atoms with van der Waals surface area (Å²) < 4.78 is 0.895. The Morgan fingerprint density at radius 1 is 1.33 bits per heavy atom. The number of hydrazone groups is 1. The second-order valence-corrected chi connectivity index (χ2v) is 5.54. The molecule has 0 heterocycles. The van der Waals surface area contributed by atoms with Gasteiger partial charge < -0.3 is 0 Å². The Labute approximate surface area is 116 Å². The largest absolute Gasteiger partial charge is 0.271 e. The molecule has 0 unspecified atom stereocenters. The monoisotopic (exact) mass is 308 g/mol. The summed E-state index contributed by atoms with van der Waals surface area (Å²) in [6.45, 7) is 0. The van der Waals surface area contributed by atoms with Crippen molar-refractivity contribution in [2.45, 2.75) is 32.1 Å². The van der Waals surface area contributed by atoms with Crippen LogP contribution in [0.15, 0.2) is 33.8 Å². The Kier molecular flexibility index (Phi) is 4.93. The highest BCUT2D eigenvalue weighted by molar-refractivity contribution is 9.10. The highest BCUT2D eigenvalue weighted by Crippen LogP contribution is 2.21. The van der Waals surface area contributed by atoms with E-state index in [0.717, 1.165) is 4.47 Å². The molecule has 1 amide bonds. The molecule has 96 valence electrons. The summed E-state index contributed by atoms with van der Waals surface area (Å²) in [6.07, 6.45) is 8.14. The second kappa shape index (κ2) is 6.69. The van der Waals surface area contributed by atoms with Crippen molar-refractivity contribution in [3.63, 3.8) is 0 Å². The zero-order valence-corrected chi connectivity index (χ0v) is 11.8. The van der Waals surface area contributed by atoms with Crippen LogP contribution in [0.5, 0.6) is 0 Å². The molecule has 1 N–H and O–H groups in total. The lowest BCUT2D eigenvalue weighted by molar-refractivity contribution is 0.0955. The highest BCUT2D eigenvalue weighted by atomic mass is 79.9. The van der Waals surface area contributed by atoms with Gasteiger partial charge in [0.1, 0.15) is 0 Å². The minimum absolute atomic E-state index is 0.164. The molecule has 1 saturated carbocycles. The van der Waals surface area contributed by atoms with E-state index in [4.69, 9.17) is 0 Å². The first-order chi connectivity index (χ1) is 8.75. The quantitative estimate of drug-likeness (QED) is 0.670. The highest BCUT2D eigenvalue weighted by Gasteiger charge is 2.11. The van der Waals surface area contributed by atoms with E-state index in [-0.39, 0.29) is 5.91 Å². The third-order valence-electron chi connectivity index (χ3n) is 3.19. The summed E-state index contributed by atoms with van der Waals surface area (Å²) in [5, 5.41) is 4.06. The molecule has 0 aliphatic heterocycles. The first-order valence-electron chi connectivity index (χ1n) is 6.35. The summed E-state index contributed by atoms with van der Waals surface area (Å²) >= 11 is 3.34. The minimum atomic E-state index is -0.164. The third kappa shape index (κ3) is 3.95. The number of hydrogen-bond acceptors (Lipinski definition) is 2. The number of halogens is 1. The summed E-state index contributed by atoms with van der Waals surface area (Å²) in [5.74, 6) is 0.366. The molecule has 0 bridgehead atoms. The number of rotatable bonds is 3. The molecule has 4 heteroatoms. The lowest BCUT2D eigenvalue weighted by Gasteiger charge is -2.16. The second-order valence-electron chi connectivity index (χ2n) is 4.63. The van der Waals surface area contributed by atoms with Crippen molar-refractivity contribution in [3.05, 3.63) is 34.3 Å². The van der Waals surface area contributed by atoms with Gasteiger partial charge in [-0.15, -0.1) is 0 Å². The van der Waals surface area contributed by atoms with Crippen molar-refractivity contribution in [1.82, 2.24) is 5.43 Å². The van der Waals surface area contributed by atoms with Crippen LogP contribution < -0.4 is 5.43 Å². The van der Waals surface area contributed by atoms with Gasteiger partial charge in [0, 0.05) is 16.3 Å². The van der Waals surface area contributed by atoms with Gasteiger partial charge in [0.25, 0.3) is 5.91 Å². The number of carbonyl (C=O) groups excluding carboxylic acids is 1. The Morgan fingerprint density at radius 2 is 2.11 bits per heavy atom. The summed E-state index contributed by atoms with van der Waals surface area (Å²) in [4.78, 5) is 11.8. The number of carbonyl (C=O) groups is 1. The predicted octanol–water partition coefficient (Wildman–Crippen LogP) is 3.75. The van der Waals surface area contributed by atoms with Crippen LogP contribution >= 0.6 is 15.9 Å². The molecule has 0 spiro atoms. The molecule has 1 fully saturated rings. The van der Waals surface area contributed by atoms with Gasteiger partial charge in [-0.3, -0.25) is 4.79 Å². The smallest absolute Gasteiger partial charge is 0.267 e. The zero-order chi connectivity index (χ0) is 12.8. The van der Waals surface area contributed by atoms with Gasteiger partial charge in [0.15, 0.2) is 0 Å². The minimum Gasteiger partial charge on any atom is -0.267 e. The molecule has 0 atom stereocenters. The maximum absolute atomic E-state index is 11.8. The standard InChI is InChI=1S/C14H17BrN2O/c15-13-8-4-7-12(9-13)14(18)17-16-10-11-5-2-1-3-6-11/h4,7-11H,1-3,5-6H2,(H,17,18). The maximum Gasteiger partial charge on any atom is 0.271 e. The van der Waals surface area contributed by atoms with Crippen LogP contribution in [0.3, 0.4) is 0 Å². The Hall–Kier alpha value is -1.16. The van der Waals surface area contributed by atoms with Crippen LogP contribution in [0.2, 0.25) is 0 Å². The topological polar surface area (TPSA) is 41.5 Å². The van der Waals surface area contributed by atoms with Crippen molar-refractivity contribution in [1.29, 1.82) is 0 Å². The fourth-order valence-corrected chi connectivity index (χ4v) is 2.58. The van der Waals surface area contributed by atoms with Crippen LogP contribution in [0.1, 0.15) is 42.5 Å². The molecule has 1 aliphatic rings. The van der Waals surface area contributed by atoms with Crippen LogP contribution in [-0.2, 0) is 0 Å². The van der Waals surface area contributed by atoms with E-state index in [2.05, 4.69) is 26.5 Å². The SMILES string of the molecule is O=C(NN=CC1CCCCC1)c1cccc(Br)c1. The maximum atomic E-state index is 11.8. The number of nitrogens with zero attached hydrogens (tertiary/aromatic N) is 1. The van der Waals surface area contributed by atoms with Crippen molar-refractivity contribution in [2.75, 3.05) is 0 Å². The van der Waals surface area contributed by atoms with Gasteiger partial charge in [-0.25, -0.2) is 5.43 Å². The van der Waals surface area contributed by atoms with E-state index >= 15 is 0 Å². The number of benzene rings is 1. The lowest BCUT2D eigenvalue weighted by Crippen LogP contribution is -2.19. The molecule has 1 aromatic carbocycles. The van der Waals surface area contributed by atoms with Gasteiger partial charge in [-0.05, 0) is 37.0 Å². The van der Waals surface area contributed by atoms with Crippen molar-refractivity contribution in [2.24, 2.45) is 11.0 Å². The molecular weight excluding hydrogens is 292 g/mol. The molecule has 2 rings (SSSR count). The summed E-state index contributed by atoms with van der Waals surface area (Å²) in [5.41, 5.74) is 3.20. The van der Waals surface area contributed by atoms with E-state index in [0.29, 0.717) is 11.5 Å². The molecule has 0 radical (unpaired) electrons. The molecular formula is C14H17BrN2O. The first kappa shape index (κ1) is 13.3.